The van der Waals surface area contributed by atoms with Crippen LogP contribution in [-0.2, 0) is 6.42 Å². The lowest BCUT2D eigenvalue weighted by atomic mass is 9.97. The van der Waals surface area contributed by atoms with Crippen molar-refractivity contribution < 1.29 is 9.59 Å². The van der Waals surface area contributed by atoms with Crippen molar-refractivity contribution in [2.45, 2.75) is 6.42 Å². The predicted molar refractivity (Wildman–Crippen MR) is 176 cm³/mol. The summed E-state index contributed by atoms with van der Waals surface area (Å²) in [5, 5.41) is 9.77. The maximum atomic E-state index is 13.8. The standard InChI is InChI=1S/C37H29N5O2/c43-34(25-26-13-7-8-20-31(26)40-27-14-3-1-4-15-27)29-18-11-23-38-35(29)36-30(19-12-24-39-36)37(44)42-33-22-10-9-21-32(33)41-28-16-5-2-6-17-28/h1-24,40-41H,25H2,(H,42,44). The number of hydrogen-bond donors (Lipinski definition) is 3. The Morgan fingerprint density at radius 3 is 1.66 bits per heavy atom. The van der Waals surface area contributed by atoms with Gasteiger partial charge in [-0.3, -0.25) is 19.6 Å². The van der Waals surface area contributed by atoms with Crippen LogP contribution in [0.15, 0.2) is 146 Å². The first-order chi connectivity index (χ1) is 21.7. The van der Waals surface area contributed by atoms with E-state index in [1.165, 1.54) is 0 Å². The second-order valence-corrected chi connectivity index (χ2v) is 10.0. The van der Waals surface area contributed by atoms with Crippen LogP contribution in [0.1, 0.15) is 26.3 Å². The Morgan fingerprint density at radius 2 is 1.00 bits per heavy atom. The minimum Gasteiger partial charge on any atom is -0.355 e. The van der Waals surface area contributed by atoms with E-state index < -0.39 is 0 Å². The van der Waals surface area contributed by atoms with E-state index in [0.29, 0.717) is 28.2 Å². The van der Waals surface area contributed by atoms with Crippen LogP contribution in [0, 0.1) is 0 Å². The first-order valence-electron chi connectivity index (χ1n) is 14.2. The molecule has 6 rings (SSSR count). The summed E-state index contributed by atoms with van der Waals surface area (Å²) in [6.45, 7) is 0. The highest BCUT2D eigenvalue weighted by Gasteiger charge is 2.22. The van der Waals surface area contributed by atoms with Crippen molar-refractivity contribution in [3.05, 3.63) is 163 Å². The Labute approximate surface area is 255 Å². The maximum absolute atomic E-state index is 13.8. The van der Waals surface area contributed by atoms with Gasteiger partial charge < -0.3 is 16.0 Å². The van der Waals surface area contributed by atoms with Gasteiger partial charge in [0.25, 0.3) is 5.91 Å². The Morgan fingerprint density at radius 1 is 0.500 bits per heavy atom. The van der Waals surface area contributed by atoms with Crippen molar-refractivity contribution in [2.24, 2.45) is 0 Å². The molecule has 0 fully saturated rings. The molecule has 1 amide bonds. The SMILES string of the molecule is O=C(Cc1ccccc1Nc1ccccc1)c1cccnc1-c1ncccc1C(=O)Nc1ccccc1Nc1ccccc1. The van der Waals surface area contributed by atoms with Crippen LogP contribution in [0.4, 0.5) is 28.4 Å². The molecule has 0 saturated carbocycles. The molecule has 0 aliphatic rings. The minimum absolute atomic E-state index is 0.134. The number of rotatable bonds is 10. The minimum atomic E-state index is -0.364. The van der Waals surface area contributed by atoms with Gasteiger partial charge >= 0.3 is 0 Å². The van der Waals surface area contributed by atoms with E-state index in [1.807, 2.05) is 109 Å². The van der Waals surface area contributed by atoms with Crippen molar-refractivity contribution in [1.29, 1.82) is 0 Å². The fourth-order valence-electron chi connectivity index (χ4n) is 4.91. The highest BCUT2D eigenvalue weighted by molar-refractivity contribution is 6.11. The summed E-state index contributed by atoms with van der Waals surface area (Å²) in [4.78, 5) is 36.6. The van der Waals surface area contributed by atoms with Gasteiger partial charge in [0.05, 0.1) is 16.9 Å². The molecule has 2 aromatic heterocycles. The molecule has 0 spiro atoms. The Kier molecular flexibility index (Phi) is 8.46. The number of pyridine rings is 2. The first-order valence-corrected chi connectivity index (χ1v) is 14.2. The summed E-state index contributed by atoms with van der Waals surface area (Å²) in [7, 11) is 0. The van der Waals surface area contributed by atoms with E-state index >= 15 is 0 Å². The molecule has 3 N–H and O–H groups in total. The quantitative estimate of drug-likeness (QED) is 0.142. The molecular formula is C37H29N5O2. The van der Waals surface area contributed by atoms with Crippen molar-refractivity contribution >= 4 is 40.1 Å². The highest BCUT2D eigenvalue weighted by atomic mass is 16.1. The van der Waals surface area contributed by atoms with Crippen molar-refractivity contribution in [1.82, 2.24) is 9.97 Å². The van der Waals surface area contributed by atoms with E-state index in [9.17, 15) is 9.59 Å². The molecule has 0 aliphatic carbocycles. The number of hydrogen-bond acceptors (Lipinski definition) is 6. The number of ketones is 1. The lowest BCUT2D eigenvalue weighted by Gasteiger charge is -2.15. The molecule has 214 valence electrons. The summed E-state index contributed by atoms with van der Waals surface area (Å²) < 4.78 is 0. The van der Waals surface area contributed by atoms with E-state index in [1.54, 1.807) is 36.7 Å². The van der Waals surface area contributed by atoms with Gasteiger partial charge in [0.2, 0.25) is 0 Å². The number of nitrogens with zero attached hydrogens (tertiary/aromatic N) is 2. The van der Waals surface area contributed by atoms with Crippen molar-refractivity contribution in [3.8, 4) is 11.4 Å². The van der Waals surface area contributed by atoms with Crippen LogP contribution in [0.25, 0.3) is 11.4 Å². The van der Waals surface area contributed by atoms with Gasteiger partial charge in [-0.25, -0.2) is 0 Å². The fraction of sp³-hybridized carbons (Fsp3) is 0.0270. The molecule has 7 heteroatoms. The molecule has 0 radical (unpaired) electrons. The van der Waals surface area contributed by atoms with Gasteiger partial charge in [0.15, 0.2) is 5.78 Å². The van der Waals surface area contributed by atoms with Crippen molar-refractivity contribution in [2.75, 3.05) is 16.0 Å². The summed E-state index contributed by atoms with van der Waals surface area (Å²) >= 11 is 0. The van der Waals surface area contributed by atoms with Gasteiger partial charge in [-0.2, -0.15) is 0 Å². The van der Waals surface area contributed by atoms with Gasteiger partial charge in [-0.15, -0.1) is 0 Å². The average molecular weight is 576 g/mol. The largest absolute Gasteiger partial charge is 0.355 e. The number of para-hydroxylation sites is 5. The molecule has 2 heterocycles. The zero-order valence-electron chi connectivity index (χ0n) is 23.8. The number of anilines is 5. The van der Waals surface area contributed by atoms with Gasteiger partial charge in [0, 0.05) is 41.4 Å². The Bertz CT molecular complexity index is 1770. The summed E-state index contributed by atoms with van der Waals surface area (Å²) in [6.07, 6.45) is 3.34. The highest BCUT2D eigenvalue weighted by Crippen LogP contribution is 2.29. The molecule has 0 saturated heterocycles. The summed E-state index contributed by atoms with van der Waals surface area (Å²) in [5.41, 5.74) is 6.25. The first kappa shape index (κ1) is 28.1. The maximum Gasteiger partial charge on any atom is 0.257 e. The number of aromatic nitrogens is 2. The molecular weight excluding hydrogens is 546 g/mol. The number of amides is 1. The normalized spacial score (nSPS) is 10.5. The molecule has 0 aliphatic heterocycles. The number of carbonyl (C=O) groups is 2. The zero-order valence-corrected chi connectivity index (χ0v) is 23.8. The third-order valence-corrected chi connectivity index (χ3v) is 7.03. The second kappa shape index (κ2) is 13.3. The lowest BCUT2D eigenvalue weighted by molar-refractivity contribution is 0.0990. The fourth-order valence-corrected chi connectivity index (χ4v) is 4.91. The molecule has 6 aromatic rings. The molecule has 0 bridgehead atoms. The Hall–Kier alpha value is -6.08. The Balaban J connectivity index is 1.27. The molecule has 0 atom stereocenters. The summed E-state index contributed by atoms with van der Waals surface area (Å²) in [6, 6.07) is 41.6. The number of benzene rings is 4. The van der Waals surface area contributed by atoms with Crippen LogP contribution in [0.5, 0.6) is 0 Å². The monoisotopic (exact) mass is 575 g/mol. The third-order valence-electron chi connectivity index (χ3n) is 7.03. The lowest BCUT2D eigenvalue weighted by Crippen LogP contribution is -2.16. The summed E-state index contributed by atoms with van der Waals surface area (Å²) in [5.74, 6) is -0.498. The van der Waals surface area contributed by atoms with Crippen LogP contribution < -0.4 is 16.0 Å². The van der Waals surface area contributed by atoms with Gasteiger partial charge in [-0.05, 0) is 72.3 Å². The van der Waals surface area contributed by atoms with Crippen LogP contribution in [0.2, 0.25) is 0 Å². The average Bonchev–Trinajstić information content (AvgIpc) is 3.07. The van der Waals surface area contributed by atoms with E-state index in [2.05, 4.69) is 25.9 Å². The molecule has 7 nitrogen and oxygen atoms in total. The second-order valence-electron chi connectivity index (χ2n) is 10.0. The molecule has 4 aromatic carbocycles. The predicted octanol–water partition coefficient (Wildman–Crippen LogP) is 8.31. The third kappa shape index (κ3) is 6.53. The molecule has 0 unspecified atom stereocenters. The van der Waals surface area contributed by atoms with Crippen LogP contribution in [0.3, 0.4) is 0 Å². The number of nitrogens with one attached hydrogen (secondary N) is 3. The number of carbonyl (C=O) groups excluding carboxylic acids is 2. The van der Waals surface area contributed by atoms with Gasteiger partial charge in [0.1, 0.15) is 11.4 Å². The topological polar surface area (TPSA) is 96.0 Å². The van der Waals surface area contributed by atoms with E-state index in [0.717, 1.165) is 28.3 Å². The number of Topliss-reactive ketones (excluding diaryl/α,β-unsaturated/α-hetero) is 1. The van der Waals surface area contributed by atoms with E-state index in [-0.39, 0.29) is 18.1 Å². The smallest absolute Gasteiger partial charge is 0.257 e. The van der Waals surface area contributed by atoms with E-state index in [4.69, 9.17) is 0 Å². The van der Waals surface area contributed by atoms with Gasteiger partial charge in [-0.1, -0.05) is 66.7 Å². The van der Waals surface area contributed by atoms with Crippen molar-refractivity contribution in [3.63, 3.8) is 0 Å². The van der Waals surface area contributed by atoms with Crippen LogP contribution >= 0.6 is 0 Å². The zero-order chi connectivity index (χ0) is 30.1. The molecule has 44 heavy (non-hydrogen) atoms. The van der Waals surface area contributed by atoms with Crippen LogP contribution in [-0.4, -0.2) is 21.7 Å².